The van der Waals surface area contributed by atoms with Gasteiger partial charge in [-0.05, 0) is 65.9 Å². The summed E-state index contributed by atoms with van der Waals surface area (Å²) in [6.07, 6.45) is 1.87. The molecule has 0 saturated carbocycles. The Labute approximate surface area is 239 Å². The predicted molar refractivity (Wildman–Crippen MR) is 146 cm³/mol. The largest absolute Gasteiger partial charge is 0.484 e. The molecule has 0 bridgehead atoms. The van der Waals surface area contributed by atoms with Crippen molar-refractivity contribution in [3.63, 3.8) is 0 Å². The third kappa shape index (κ3) is 4.92. The quantitative estimate of drug-likeness (QED) is 0.216. The zero-order valence-corrected chi connectivity index (χ0v) is 22.8. The Hall–Kier alpha value is -2.95. The average Bonchev–Trinajstić information content (AvgIpc) is 3.51. The molecule has 192 valence electrons. The molecule has 1 aromatic heterocycles. The van der Waals surface area contributed by atoms with Gasteiger partial charge in [-0.15, -0.1) is 10.2 Å². The molecule has 0 spiro atoms. The average molecular weight is 610 g/mol. The highest BCUT2D eigenvalue weighted by atomic mass is 35.5. The molecule has 0 amide bonds. The third-order valence-corrected chi connectivity index (χ3v) is 7.62. The Morgan fingerprint density at radius 1 is 0.947 bits per heavy atom. The van der Waals surface area contributed by atoms with Crippen molar-refractivity contribution in [2.24, 2.45) is 5.10 Å². The maximum absolute atomic E-state index is 14.5. The normalized spacial score (nSPS) is 15.0. The van der Waals surface area contributed by atoms with Gasteiger partial charge in [0.05, 0.1) is 15.1 Å². The molecule has 0 aliphatic carbocycles. The van der Waals surface area contributed by atoms with E-state index in [2.05, 4.69) is 10.2 Å². The predicted octanol–water partition coefficient (Wildman–Crippen LogP) is 7.74. The van der Waals surface area contributed by atoms with Gasteiger partial charge in [0.2, 0.25) is 11.9 Å². The molecule has 2 aliphatic heterocycles. The van der Waals surface area contributed by atoms with Gasteiger partial charge in [-0.2, -0.15) is 9.78 Å². The van der Waals surface area contributed by atoms with E-state index in [-0.39, 0.29) is 23.4 Å². The fourth-order valence-corrected chi connectivity index (χ4v) is 5.61. The van der Waals surface area contributed by atoms with Crippen LogP contribution in [0.3, 0.4) is 0 Å². The van der Waals surface area contributed by atoms with Crippen LogP contribution in [0.1, 0.15) is 17.0 Å². The zero-order chi connectivity index (χ0) is 26.4. The molecule has 0 unspecified atom stereocenters. The number of hydrogen-bond donors (Lipinski definition) is 0. The standard InChI is InChI=1S/C25H13Cl4FN4O3S/c26-13-2-4-19(17(29)7-13)35-10-23-31-32-25-34(23)33-24(14-8-18(30)16(28)9-15(14)27)22(38-25)6-12-1-3-20-21(5-12)37-11-36-20/h1-9H,10-11H2/b22-6-. The Morgan fingerprint density at radius 3 is 2.63 bits per heavy atom. The van der Waals surface area contributed by atoms with E-state index in [1.165, 1.54) is 28.6 Å². The zero-order valence-electron chi connectivity index (χ0n) is 18.9. The number of fused-ring (bicyclic) bond motifs is 2. The van der Waals surface area contributed by atoms with E-state index in [0.717, 1.165) is 5.56 Å². The fraction of sp³-hybridized carbons (Fsp3) is 0.0800. The molecule has 3 heterocycles. The van der Waals surface area contributed by atoms with Crippen molar-refractivity contribution in [3.8, 4) is 17.2 Å². The van der Waals surface area contributed by atoms with Gasteiger partial charge in [0, 0.05) is 15.5 Å². The van der Waals surface area contributed by atoms with Crippen molar-refractivity contribution in [2.45, 2.75) is 11.8 Å². The van der Waals surface area contributed by atoms with E-state index >= 15 is 0 Å². The molecule has 3 aromatic carbocycles. The van der Waals surface area contributed by atoms with Crippen molar-refractivity contribution in [2.75, 3.05) is 6.79 Å². The lowest BCUT2D eigenvalue weighted by molar-refractivity contribution is 0.174. The van der Waals surface area contributed by atoms with E-state index < -0.39 is 5.82 Å². The van der Waals surface area contributed by atoms with E-state index in [9.17, 15) is 4.39 Å². The number of halogens is 5. The van der Waals surface area contributed by atoms with Crippen LogP contribution in [0.15, 0.2) is 63.7 Å². The lowest BCUT2D eigenvalue weighted by Crippen LogP contribution is -2.15. The van der Waals surface area contributed by atoms with E-state index in [0.29, 0.717) is 54.5 Å². The molecule has 38 heavy (non-hydrogen) atoms. The lowest BCUT2D eigenvalue weighted by atomic mass is 10.1. The third-order valence-electron chi connectivity index (χ3n) is 5.52. The molecule has 6 rings (SSSR count). The molecule has 13 heteroatoms. The number of benzene rings is 3. The molecule has 0 radical (unpaired) electrons. The van der Waals surface area contributed by atoms with Crippen LogP contribution in [0.5, 0.6) is 17.2 Å². The number of aromatic nitrogens is 3. The van der Waals surface area contributed by atoms with Gasteiger partial charge < -0.3 is 14.2 Å². The minimum absolute atomic E-state index is 0.00954. The maximum atomic E-state index is 14.5. The summed E-state index contributed by atoms with van der Waals surface area (Å²) in [6.45, 7) is 0.168. The summed E-state index contributed by atoms with van der Waals surface area (Å²) in [7, 11) is 0. The summed E-state index contributed by atoms with van der Waals surface area (Å²) in [5.74, 6) is 1.47. The van der Waals surface area contributed by atoms with Gasteiger partial charge in [0.25, 0.3) is 0 Å². The molecule has 0 atom stereocenters. The molecule has 0 N–H and O–H groups in total. The molecule has 0 saturated heterocycles. The van der Waals surface area contributed by atoms with Crippen LogP contribution in [0.25, 0.3) is 6.08 Å². The summed E-state index contributed by atoms with van der Waals surface area (Å²) in [5.41, 5.74) is 1.55. The summed E-state index contributed by atoms with van der Waals surface area (Å²) in [6, 6.07) is 13.0. The highest BCUT2D eigenvalue weighted by Gasteiger charge is 2.27. The van der Waals surface area contributed by atoms with Gasteiger partial charge in [-0.25, -0.2) is 4.39 Å². The summed E-state index contributed by atoms with van der Waals surface area (Å²) in [4.78, 5) is 0.653. The van der Waals surface area contributed by atoms with Gasteiger partial charge >= 0.3 is 0 Å². The van der Waals surface area contributed by atoms with Crippen molar-refractivity contribution >= 4 is 70.0 Å². The van der Waals surface area contributed by atoms with Crippen molar-refractivity contribution in [3.05, 3.63) is 96.3 Å². The van der Waals surface area contributed by atoms with Crippen LogP contribution in [-0.2, 0) is 6.61 Å². The summed E-state index contributed by atoms with van der Waals surface area (Å²) < 4.78 is 32.8. The molecular formula is C25H13Cl4FN4O3S. The van der Waals surface area contributed by atoms with Crippen molar-refractivity contribution in [1.29, 1.82) is 0 Å². The van der Waals surface area contributed by atoms with E-state index in [1.807, 2.05) is 24.3 Å². The van der Waals surface area contributed by atoms with Crippen LogP contribution in [-0.4, -0.2) is 27.4 Å². The first kappa shape index (κ1) is 25.3. The van der Waals surface area contributed by atoms with Crippen LogP contribution < -0.4 is 14.2 Å². The second kappa shape index (κ2) is 10.3. The summed E-state index contributed by atoms with van der Waals surface area (Å²) >= 11 is 25.9. The van der Waals surface area contributed by atoms with E-state index in [4.69, 9.17) is 65.7 Å². The van der Waals surface area contributed by atoms with Crippen LogP contribution >= 0.6 is 58.2 Å². The van der Waals surface area contributed by atoms with Gasteiger partial charge in [-0.1, -0.05) is 52.5 Å². The van der Waals surface area contributed by atoms with Crippen molar-refractivity contribution in [1.82, 2.24) is 14.9 Å². The minimum atomic E-state index is -0.628. The molecule has 2 aliphatic rings. The highest BCUT2D eigenvalue weighted by Crippen LogP contribution is 2.39. The van der Waals surface area contributed by atoms with Crippen LogP contribution in [0.4, 0.5) is 4.39 Å². The first-order valence-electron chi connectivity index (χ1n) is 10.9. The Balaban J connectivity index is 1.41. The monoisotopic (exact) mass is 608 g/mol. The topological polar surface area (TPSA) is 70.8 Å². The Morgan fingerprint density at radius 2 is 1.79 bits per heavy atom. The Bertz CT molecular complexity index is 1660. The van der Waals surface area contributed by atoms with E-state index in [1.54, 1.807) is 18.2 Å². The van der Waals surface area contributed by atoms with Crippen LogP contribution in [0.2, 0.25) is 20.1 Å². The molecule has 7 nitrogen and oxygen atoms in total. The molecule has 4 aromatic rings. The number of allylic oxidation sites excluding steroid dienone is 1. The highest BCUT2D eigenvalue weighted by molar-refractivity contribution is 8.04. The van der Waals surface area contributed by atoms with Gasteiger partial charge in [0.1, 0.15) is 23.9 Å². The van der Waals surface area contributed by atoms with Gasteiger partial charge in [-0.3, -0.25) is 0 Å². The number of thioether (sulfide) groups is 1. The number of nitrogens with zero attached hydrogens (tertiary/aromatic N) is 4. The Kier molecular flexibility index (Phi) is 6.88. The van der Waals surface area contributed by atoms with Crippen LogP contribution in [0, 0.1) is 5.82 Å². The first-order chi connectivity index (χ1) is 18.4. The fourth-order valence-electron chi connectivity index (χ4n) is 3.72. The maximum Gasteiger partial charge on any atom is 0.231 e. The van der Waals surface area contributed by atoms with Crippen molar-refractivity contribution < 1.29 is 18.6 Å². The second-order valence-corrected chi connectivity index (χ2v) is 10.7. The first-order valence-corrected chi connectivity index (χ1v) is 13.2. The molecule has 0 fully saturated rings. The second-order valence-electron chi connectivity index (χ2n) is 7.99. The SMILES string of the molecule is Fc1cc(C2=Nn3c(COc4ccc(Cl)cc4Cl)nnc3S/C2=C\c2ccc3c(c2)OCO3)c(Cl)cc1Cl. The molecular weight excluding hydrogens is 597 g/mol. The number of hydrogen-bond acceptors (Lipinski definition) is 7. The van der Waals surface area contributed by atoms with Gasteiger partial charge in [0.15, 0.2) is 17.3 Å². The smallest absolute Gasteiger partial charge is 0.231 e. The number of ether oxygens (including phenoxy) is 3. The number of rotatable bonds is 5. The minimum Gasteiger partial charge on any atom is -0.484 e. The summed E-state index contributed by atoms with van der Waals surface area (Å²) in [5, 5.41) is 14.7. The lowest BCUT2D eigenvalue weighted by Gasteiger charge is -2.18.